The van der Waals surface area contributed by atoms with Gasteiger partial charge in [-0.2, -0.15) is 0 Å². The maximum Gasteiger partial charge on any atom is 0.131 e. The number of halogens is 1. The molecule has 0 saturated heterocycles. The fraction of sp³-hybridized carbons (Fsp3) is 0.385. The topological polar surface area (TPSA) is 9.23 Å². The highest BCUT2D eigenvalue weighted by Crippen LogP contribution is 2.43. The maximum absolute atomic E-state index is 14.1. The average molecular weight is 377 g/mol. The zero-order valence-corrected chi connectivity index (χ0v) is 16.8. The Bertz CT molecular complexity index is 931. The highest BCUT2D eigenvalue weighted by atomic mass is 19.1. The molecule has 1 fully saturated rings. The second-order valence-electron chi connectivity index (χ2n) is 8.20. The third-order valence-corrected chi connectivity index (χ3v) is 6.32. The summed E-state index contributed by atoms with van der Waals surface area (Å²) in [6.45, 7) is 5.02. The third kappa shape index (κ3) is 3.92. The van der Waals surface area contributed by atoms with Crippen molar-refractivity contribution in [2.24, 2.45) is 5.92 Å². The van der Waals surface area contributed by atoms with Crippen LogP contribution < -0.4 is 4.74 Å². The Kier molecular flexibility index (Phi) is 5.66. The molecule has 1 nitrogen and oxygen atoms in total. The SMILES string of the molecule is CCOc1ccc([C@@H]2CCC(C[C@H](C)c3cccc4c(F)cccc34)C2)cc1. The fourth-order valence-corrected chi connectivity index (χ4v) is 4.95. The standard InChI is InChI=1S/C26H29FO/c1-3-28-22-14-12-20(13-15-22)21-11-10-19(17-21)16-18(2)23-6-4-8-25-24(23)7-5-9-26(25)27/h4-9,12-15,18-19,21H,3,10-11,16-17H2,1-2H3/t18-,19?,21+/m0/s1. The highest BCUT2D eigenvalue weighted by molar-refractivity contribution is 5.86. The molecule has 2 heteroatoms. The van der Waals surface area contributed by atoms with Crippen LogP contribution in [0.25, 0.3) is 10.8 Å². The van der Waals surface area contributed by atoms with Gasteiger partial charge in [-0.15, -0.1) is 0 Å². The van der Waals surface area contributed by atoms with Crippen LogP contribution in [0.15, 0.2) is 60.7 Å². The van der Waals surface area contributed by atoms with Crippen LogP contribution in [0.5, 0.6) is 5.75 Å². The molecule has 0 N–H and O–H groups in total. The van der Waals surface area contributed by atoms with Gasteiger partial charge in [-0.1, -0.05) is 49.4 Å². The van der Waals surface area contributed by atoms with E-state index in [0.29, 0.717) is 18.4 Å². The summed E-state index contributed by atoms with van der Waals surface area (Å²) >= 11 is 0. The minimum absolute atomic E-state index is 0.122. The monoisotopic (exact) mass is 376 g/mol. The molecule has 3 atom stereocenters. The molecule has 146 valence electrons. The molecular weight excluding hydrogens is 347 g/mol. The molecule has 28 heavy (non-hydrogen) atoms. The lowest BCUT2D eigenvalue weighted by molar-refractivity contribution is 0.340. The molecule has 0 aliphatic heterocycles. The van der Waals surface area contributed by atoms with E-state index in [0.717, 1.165) is 22.4 Å². The van der Waals surface area contributed by atoms with Gasteiger partial charge >= 0.3 is 0 Å². The maximum atomic E-state index is 14.1. The molecule has 3 aromatic rings. The van der Waals surface area contributed by atoms with Crippen LogP contribution >= 0.6 is 0 Å². The van der Waals surface area contributed by atoms with E-state index in [1.165, 1.54) is 36.8 Å². The van der Waals surface area contributed by atoms with Gasteiger partial charge in [0.2, 0.25) is 0 Å². The number of rotatable bonds is 6. The van der Waals surface area contributed by atoms with Crippen LogP contribution in [0.3, 0.4) is 0 Å². The summed E-state index contributed by atoms with van der Waals surface area (Å²) in [7, 11) is 0. The second kappa shape index (κ2) is 8.34. The Morgan fingerprint density at radius 1 is 0.964 bits per heavy atom. The smallest absolute Gasteiger partial charge is 0.131 e. The number of hydrogen-bond acceptors (Lipinski definition) is 1. The summed E-state index contributed by atoms with van der Waals surface area (Å²) in [6.07, 6.45) is 4.96. The van der Waals surface area contributed by atoms with Gasteiger partial charge in [-0.05, 0) is 85.1 Å². The summed E-state index contributed by atoms with van der Waals surface area (Å²) in [5.41, 5.74) is 2.72. The molecule has 0 aromatic heterocycles. The minimum Gasteiger partial charge on any atom is -0.494 e. The molecule has 0 amide bonds. The molecule has 0 heterocycles. The van der Waals surface area contributed by atoms with Crippen LogP contribution in [-0.4, -0.2) is 6.61 Å². The molecule has 1 saturated carbocycles. The normalized spacial score (nSPS) is 20.4. The zero-order valence-electron chi connectivity index (χ0n) is 16.8. The van der Waals surface area contributed by atoms with Gasteiger partial charge in [0.05, 0.1) is 6.61 Å². The molecule has 0 radical (unpaired) electrons. The summed E-state index contributed by atoms with van der Waals surface area (Å²) in [6, 6.07) is 20.1. The molecule has 0 bridgehead atoms. The lowest BCUT2D eigenvalue weighted by atomic mass is 9.86. The van der Waals surface area contributed by atoms with E-state index in [9.17, 15) is 4.39 Å². The molecule has 1 unspecified atom stereocenters. The predicted molar refractivity (Wildman–Crippen MR) is 115 cm³/mol. The molecule has 0 spiro atoms. The van der Waals surface area contributed by atoms with E-state index >= 15 is 0 Å². The Balaban J connectivity index is 1.44. The van der Waals surface area contributed by atoms with Crippen molar-refractivity contribution in [1.82, 2.24) is 0 Å². The Morgan fingerprint density at radius 3 is 2.50 bits per heavy atom. The van der Waals surface area contributed by atoms with Crippen molar-refractivity contribution >= 4 is 10.8 Å². The molecule has 1 aliphatic carbocycles. The summed E-state index contributed by atoms with van der Waals surface area (Å²) in [5, 5.41) is 1.81. The molecule has 3 aromatic carbocycles. The average Bonchev–Trinajstić information content (AvgIpc) is 3.17. The second-order valence-corrected chi connectivity index (χ2v) is 8.20. The van der Waals surface area contributed by atoms with Crippen LogP contribution in [0.2, 0.25) is 0 Å². The number of hydrogen-bond donors (Lipinski definition) is 0. The summed E-state index contributed by atoms with van der Waals surface area (Å²) in [5.74, 6) is 2.66. The van der Waals surface area contributed by atoms with Crippen LogP contribution in [0.4, 0.5) is 4.39 Å². The van der Waals surface area contributed by atoms with Crippen molar-refractivity contribution in [3.63, 3.8) is 0 Å². The van der Waals surface area contributed by atoms with Gasteiger partial charge in [-0.25, -0.2) is 4.39 Å². The summed E-state index contributed by atoms with van der Waals surface area (Å²) < 4.78 is 19.7. The van der Waals surface area contributed by atoms with Crippen molar-refractivity contribution in [3.8, 4) is 5.75 Å². The fourth-order valence-electron chi connectivity index (χ4n) is 4.95. The van der Waals surface area contributed by atoms with Crippen molar-refractivity contribution in [2.45, 2.75) is 51.4 Å². The van der Waals surface area contributed by atoms with Gasteiger partial charge in [-0.3, -0.25) is 0 Å². The predicted octanol–water partition coefficient (Wildman–Crippen LogP) is 7.46. The first-order valence-electron chi connectivity index (χ1n) is 10.6. The lowest BCUT2D eigenvalue weighted by Crippen LogP contribution is -2.03. The van der Waals surface area contributed by atoms with Crippen molar-refractivity contribution in [2.75, 3.05) is 6.61 Å². The highest BCUT2D eigenvalue weighted by Gasteiger charge is 2.27. The number of benzene rings is 3. The molecular formula is C26H29FO. The van der Waals surface area contributed by atoms with Gasteiger partial charge in [0, 0.05) is 5.39 Å². The van der Waals surface area contributed by atoms with Crippen LogP contribution in [0, 0.1) is 11.7 Å². The first-order chi connectivity index (χ1) is 13.7. The van der Waals surface area contributed by atoms with E-state index in [-0.39, 0.29) is 5.82 Å². The van der Waals surface area contributed by atoms with E-state index in [2.05, 4.69) is 43.3 Å². The lowest BCUT2D eigenvalue weighted by Gasteiger charge is -2.19. The first kappa shape index (κ1) is 19.0. The number of fused-ring (bicyclic) bond motifs is 1. The van der Waals surface area contributed by atoms with Crippen molar-refractivity contribution in [1.29, 1.82) is 0 Å². The van der Waals surface area contributed by atoms with Gasteiger partial charge in [0.25, 0.3) is 0 Å². The van der Waals surface area contributed by atoms with Crippen LogP contribution in [-0.2, 0) is 0 Å². The molecule has 4 rings (SSSR count). The zero-order chi connectivity index (χ0) is 19.5. The van der Waals surface area contributed by atoms with Gasteiger partial charge < -0.3 is 4.74 Å². The third-order valence-electron chi connectivity index (χ3n) is 6.32. The summed E-state index contributed by atoms with van der Waals surface area (Å²) in [4.78, 5) is 0. The van der Waals surface area contributed by atoms with E-state index in [4.69, 9.17) is 4.74 Å². The first-order valence-corrected chi connectivity index (χ1v) is 10.6. The van der Waals surface area contributed by atoms with E-state index < -0.39 is 0 Å². The number of ether oxygens (including phenoxy) is 1. The Morgan fingerprint density at radius 2 is 1.71 bits per heavy atom. The van der Waals surface area contributed by atoms with E-state index in [1.54, 1.807) is 6.07 Å². The van der Waals surface area contributed by atoms with Crippen molar-refractivity contribution < 1.29 is 9.13 Å². The van der Waals surface area contributed by atoms with E-state index in [1.807, 2.05) is 25.1 Å². The minimum atomic E-state index is -0.122. The van der Waals surface area contributed by atoms with Gasteiger partial charge in [0.1, 0.15) is 11.6 Å². The van der Waals surface area contributed by atoms with Crippen LogP contribution in [0.1, 0.15) is 62.5 Å². The van der Waals surface area contributed by atoms with Crippen molar-refractivity contribution in [3.05, 3.63) is 77.6 Å². The Hall–Kier alpha value is -2.35. The largest absolute Gasteiger partial charge is 0.494 e. The Labute approximate surface area is 167 Å². The van der Waals surface area contributed by atoms with Gasteiger partial charge in [0.15, 0.2) is 0 Å². The quantitative estimate of drug-likeness (QED) is 0.434. The molecule has 1 aliphatic rings.